The number of aryl methyl sites for hydroxylation is 1. The molecule has 0 aliphatic heterocycles. The quantitative estimate of drug-likeness (QED) is 0.809. The number of Topliss-reactive ketones (excluding diaryl/α,β-unsaturated/α-hetero) is 1. The predicted octanol–water partition coefficient (Wildman–Crippen LogP) is 4.79. The van der Waals surface area contributed by atoms with Gasteiger partial charge in [0.1, 0.15) is 0 Å². The van der Waals surface area contributed by atoms with Crippen molar-refractivity contribution < 1.29 is 4.79 Å². The zero-order valence-electron chi connectivity index (χ0n) is 13.8. The molecular formula is C19H25NOS. The van der Waals surface area contributed by atoms with Gasteiger partial charge in [-0.1, -0.05) is 26.0 Å². The summed E-state index contributed by atoms with van der Waals surface area (Å²) in [5, 5.41) is 3.53. The van der Waals surface area contributed by atoms with Gasteiger partial charge >= 0.3 is 0 Å². The van der Waals surface area contributed by atoms with E-state index in [-0.39, 0.29) is 5.78 Å². The molecule has 0 saturated carbocycles. The monoisotopic (exact) mass is 315 g/mol. The molecule has 3 heteroatoms. The number of hydrogen-bond donors (Lipinski definition) is 1. The van der Waals surface area contributed by atoms with E-state index in [2.05, 4.69) is 37.4 Å². The van der Waals surface area contributed by atoms with Crippen molar-refractivity contribution in [2.45, 2.75) is 59.4 Å². The van der Waals surface area contributed by atoms with Crippen LogP contribution in [-0.2, 0) is 19.4 Å². The van der Waals surface area contributed by atoms with E-state index in [0.29, 0.717) is 5.41 Å². The van der Waals surface area contributed by atoms with Crippen molar-refractivity contribution in [3.05, 3.63) is 44.8 Å². The van der Waals surface area contributed by atoms with E-state index in [1.807, 2.05) is 11.3 Å². The van der Waals surface area contributed by atoms with Crippen molar-refractivity contribution in [2.75, 3.05) is 0 Å². The van der Waals surface area contributed by atoms with Gasteiger partial charge in [0, 0.05) is 27.6 Å². The molecule has 1 N–H and O–H groups in total. The van der Waals surface area contributed by atoms with Crippen molar-refractivity contribution in [3.63, 3.8) is 0 Å². The maximum Gasteiger partial charge on any atom is 0.161 e. The van der Waals surface area contributed by atoms with Gasteiger partial charge in [-0.2, -0.15) is 0 Å². The zero-order chi connectivity index (χ0) is 15.7. The number of nitrogens with one attached hydrogen (secondary N) is 1. The Morgan fingerprint density at radius 1 is 1.36 bits per heavy atom. The first kappa shape index (κ1) is 15.5. The highest BCUT2D eigenvalue weighted by Crippen LogP contribution is 2.41. The second-order valence-corrected chi connectivity index (χ2v) is 8.40. The number of rotatable bonds is 4. The number of carbonyl (C=O) groups excluding carboxylic acids is 1. The van der Waals surface area contributed by atoms with Crippen LogP contribution >= 0.6 is 11.3 Å². The van der Waals surface area contributed by atoms with Gasteiger partial charge in [0.25, 0.3) is 0 Å². The SMILES string of the molecule is CC(=O)c1c(CNC2=CC=CCC2)sc2c1CC(C)(C)CC2. The normalized spacial score (nSPS) is 19.5. The number of allylic oxidation sites excluding steroid dienone is 4. The van der Waals surface area contributed by atoms with Crippen LogP contribution in [0.3, 0.4) is 0 Å². The number of hydrogen-bond acceptors (Lipinski definition) is 3. The first-order chi connectivity index (χ1) is 10.5. The van der Waals surface area contributed by atoms with E-state index >= 15 is 0 Å². The van der Waals surface area contributed by atoms with Crippen LogP contribution in [0.5, 0.6) is 0 Å². The molecular weight excluding hydrogens is 290 g/mol. The fraction of sp³-hybridized carbons (Fsp3) is 0.526. The van der Waals surface area contributed by atoms with E-state index < -0.39 is 0 Å². The van der Waals surface area contributed by atoms with Crippen LogP contribution in [0, 0.1) is 5.41 Å². The molecule has 0 atom stereocenters. The Balaban J connectivity index is 1.85. The second-order valence-electron chi connectivity index (χ2n) is 7.21. The molecule has 1 aromatic rings. The van der Waals surface area contributed by atoms with Crippen LogP contribution in [0.1, 0.15) is 65.7 Å². The molecule has 0 saturated heterocycles. The second kappa shape index (κ2) is 6.04. The number of ketones is 1. The molecule has 0 amide bonds. The molecule has 0 bridgehead atoms. The summed E-state index contributed by atoms with van der Waals surface area (Å²) in [6.45, 7) is 7.13. The van der Waals surface area contributed by atoms with Gasteiger partial charge in [0.05, 0.1) is 0 Å². The van der Waals surface area contributed by atoms with E-state index in [1.165, 1.54) is 27.4 Å². The van der Waals surface area contributed by atoms with Crippen LogP contribution in [-0.4, -0.2) is 5.78 Å². The number of fused-ring (bicyclic) bond motifs is 1. The Labute approximate surface area is 137 Å². The third-order valence-corrected chi connectivity index (χ3v) is 5.98. The Bertz CT molecular complexity index is 649. The van der Waals surface area contributed by atoms with Crippen molar-refractivity contribution in [1.82, 2.24) is 5.32 Å². The highest BCUT2D eigenvalue weighted by Gasteiger charge is 2.31. The lowest BCUT2D eigenvalue weighted by Crippen LogP contribution is -2.22. The number of carbonyl (C=O) groups is 1. The Hall–Kier alpha value is -1.35. The largest absolute Gasteiger partial charge is 0.383 e. The molecule has 1 aromatic heterocycles. The van der Waals surface area contributed by atoms with E-state index in [1.54, 1.807) is 6.92 Å². The molecule has 22 heavy (non-hydrogen) atoms. The molecule has 3 rings (SSSR count). The first-order valence-corrected chi connectivity index (χ1v) is 9.02. The van der Waals surface area contributed by atoms with E-state index in [4.69, 9.17) is 0 Å². The first-order valence-electron chi connectivity index (χ1n) is 8.20. The minimum Gasteiger partial charge on any atom is -0.383 e. The summed E-state index contributed by atoms with van der Waals surface area (Å²) in [4.78, 5) is 14.9. The van der Waals surface area contributed by atoms with Gasteiger partial charge in [-0.3, -0.25) is 4.79 Å². The average molecular weight is 315 g/mol. The van der Waals surface area contributed by atoms with Gasteiger partial charge in [0.15, 0.2) is 5.78 Å². The lowest BCUT2D eigenvalue weighted by molar-refractivity contribution is 0.101. The summed E-state index contributed by atoms with van der Waals surface area (Å²) >= 11 is 1.85. The topological polar surface area (TPSA) is 29.1 Å². The van der Waals surface area contributed by atoms with E-state index in [0.717, 1.165) is 37.8 Å². The van der Waals surface area contributed by atoms with Crippen molar-refractivity contribution in [2.24, 2.45) is 5.41 Å². The molecule has 0 radical (unpaired) electrons. The molecule has 1 heterocycles. The Morgan fingerprint density at radius 3 is 2.86 bits per heavy atom. The van der Waals surface area contributed by atoms with Gasteiger partial charge in [-0.05, 0) is 56.1 Å². The minimum atomic E-state index is 0.226. The summed E-state index contributed by atoms with van der Waals surface area (Å²) in [5.74, 6) is 0.226. The van der Waals surface area contributed by atoms with Crippen LogP contribution in [0.4, 0.5) is 0 Å². The smallest absolute Gasteiger partial charge is 0.161 e. The van der Waals surface area contributed by atoms with Crippen LogP contribution < -0.4 is 5.32 Å². The Kier molecular flexibility index (Phi) is 4.26. The van der Waals surface area contributed by atoms with Crippen LogP contribution in [0.15, 0.2) is 23.9 Å². The van der Waals surface area contributed by atoms with E-state index in [9.17, 15) is 4.79 Å². The summed E-state index contributed by atoms with van der Waals surface area (Å²) in [6, 6.07) is 0. The average Bonchev–Trinajstić information content (AvgIpc) is 2.82. The third-order valence-electron chi connectivity index (χ3n) is 4.69. The maximum absolute atomic E-state index is 12.2. The molecule has 2 nitrogen and oxygen atoms in total. The minimum absolute atomic E-state index is 0.226. The highest BCUT2D eigenvalue weighted by molar-refractivity contribution is 7.12. The fourth-order valence-electron chi connectivity index (χ4n) is 3.45. The van der Waals surface area contributed by atoms with Crippen molar-refractivity contribution in [3.8, 4) is 0 Å². The molecule has 2 aliphatic rings. The summed E-state index contributed by atoms with van der Waals surface area (Å²) in [6.07, 6.45) is 12.0. The summed E-state index contributed by atoms with van der Waals surface area (Å²) in [7, 11) is 0. The third kappa shape index (κ3) is 3.19. The fourth-order valence-corrected chi connectivity index (χ4v) is 4.77. The van der Waals surface area contributed by atoms with Crippen LogP contribution in [0.25, 0.3) is 0 Å². The summed E-state index contributed by atoms with van der Waals surface area (Å²) < 4.78 is 0. The standard InChI is InChI=1S/C19H25NOS/c1-13(21)18-15-11-19(2,3)10-9-16(15)22-17(18)12-20-14-7-5-4-6-8-14/h4-5,7,20H,6,8-12H2,1-3H3. The van der Waals surface area contributed by atoms with Gasteiger partial charge in [-0.15, -0.1) is 11.3 Å². The lowest BCUT2D eigenvalue weighted by Gasteiger charge is -2.29. The molecule has 0 spiro atoms. The summed E-state index contributed by atoms with van der Waals surface area (Å²) in [5.41, 5.74) is 3.94. The van der Waals surface area contributed by atoms with Crippen molar-refractivity contribution in [1.29, 1.82) is 0 Å². The molecule has 0 aromatic carbocycles. The maximum atomic E-state index is 12.2. The van der Waals surface area contributed by atoms with Gasteiger partial charge < -0.3 is 5.32 Å². The molecule has 0 unspecified atom stereocenters. The molecule has 0 fully saturated rings. The predicted molar refractivity (Wildman–Crippen MR) is 93.4 cm³/mol. The van der Waals surface area contributed by atoms with Gasteiger partial charge in [-0.25, -0.2) is 0 Å². The number of thiophene rings is 1. The molecule has 118 valence electrons. The van der Waals surface area contributed by atoms with Crippen LogP contribution in [0.2, 0.25) is 0 Å². The lowest BCUT2D eigenvalue weighted by atomic mass is 9.75. The van der Waals surface area contributed by atoms with Gasteiger partial charge in [0.2, 0.25) is 0 Å². The molecule has 2 aliphatic carbocycles. The zero-order valence-corrected chi connectivity index (χ0v) is 14.6. The Morgan fingerprint density at radius 2 is 2.18 bits per heavy atom. The van der Waals surface area contributed by atoms with Crippen molar-refractivity contribution >= 4 is 17.1 Å². The highest BCUT2D eigenvalue weighted by atomic mass is 32.1.